The number of hydrogen-bond acceptors (Lipinski definition) is 3. The Balaban J connectivity index is 1.98. The zero-order valence-electron chi connectivity index (χ0n) is 12.8. The van der Waals surface area contributed by atoms with E-state index in [2.05, 4.69) is 6.92 Å². The normalized spacial score (nSPS) is 17.0. The maximum absolute atomic E-state index is 12.9. The minimum absolute atomic E-state index is 0.145. The topological polar surface area (TPSA) is 38.5 Å². The Morgan fingerprint density at radius 1 is 1.23 bits per heavy atom. The molecule has 2 N–H and O–H groups in total. The van der Waals surface area contributed by atoms with Crippen molar-refractivity contribution < 1.29 is 17.9 Å². The van der Waals surface area contributed by atoms with Crippen molar-refractivity contribution >= 4 is 11.4 Å². The second-order valence-electron chi connectivity index (χ2n) is 5.72. The van der Waals surface area contributed by atoms with E-state index in [1.54, 1.807) is 6.07 Å². The number of halogens is 3. The molecule has 0 atom stereocenters. The van der Waals surface area contributed by atoms with E-state index in [0.29, 0.717) is 18.8 Å². The first-order chi connectivity index (χ1) is 10.4. The van der Waals surface area contributed by atoms with E-state index in [1.807, 2.05) is 4.90 Å². The molecule has 0 radical (unpaired) electrons. The lowest BCUT2D eigenvalue weighted by Crippen LogP contribution is -2.37. The Kier molecular flexibility index (Phi) is 5.56. The molecule has 0 spiro atoms. The number of benzene rings is 1. The van der Waals surface area contributed by atoms with Gasteiger partial charge in [0.15, 0.2) is 0 Å². The van der Waals surface area contributed by atoms with Crippen molar-refractivity contribution in [2.75, 3.05) is 30.3 Å². The number of rotatable bonds is 5. The van der Waals surface area contributed by atoms with Gasteiger partial charge in [-0.2, -0.15) is 13.2 Å². The van der Waals surface area contributed by atoms with E-state index in [4.69, 9.17) is 10.5 Å². The smallest absolute Gasteiger partial charge is 0.399 e. The molecule has 0 saturated carbocycles. The van der Waals surface area contributed by atoms with Crippen LogP contribution in [0.1, 0.15) is 38.2 Å². The Hall–Kier alpha value is -1.43. The van der Waals surface area contributed by atoms with Crippen LogP contribution in [0.3, 0.4) is 0 Å². The van der Waals surface area contributed by atoms with Crippen LogP contribution in [0, 0.1) is 0 Å². The van der Waals surface area contributed by atoms with Gasteiger partial charge in [0, 0.05) is 31.1 Å². The van der Waals surface area contributed by atoms with E-state index < -0.39 is 11.7 Å². The lowest BCUT2D eigenvalue weighted by Gasteiger charge is -2.34. The predicted molar refractivity (Wildman–Crippen MR) is 82.0 cm³/mol. The largest absolute Gasteiger partial charge is 0.416 e. The standard InChI is InChI=1S/C16H23F3N2O/c1-2-3-8-22-15-4-6-21(7-5-15)14-10-12(16(17,18)19)9-13(20)11-14/h9-11,15H,2-8,20H2,1H3. The summed E-state index contributed by atoms with van der Waals surface area (Å²) in [4.78, 5) is 1.95. The van der Waals surface area contributed by atoms with Gasteiger partial charge < -0.3 is 15.4 Å². The molecule has 1 aromatic rings. The molecule has 1 aliphatic rings. The number of nitrogen functional groups attached to an aromatic ring is 1. The summed E-state index contributed by atoms with van der Waals surface area (Å²) in [5.74, 6) is 0. The minimum atomic E-state index is -4.37. The summed E-state index contributed by atoms with van der Waals surface area (Å²) < 4.78 is 44.3. The first-order valence-corrected chi connectivity index (χ1v) is 7.74. The van der Waals surface area contributed by atoms with Crippen molar-refractivity contribution in [3.8, 4) is 0 Å². The average Bonchev–Trinajstić information content (AvgIpc) is 2.47. The van der Waals surface area contributed by atoms with E-state index >= 15 is 0 Å². The van der Waals surface area contributed by atoms with Crippen LogP contribution in [0.4, 0.5) is 24.5 Å². The van der Waals surface area contributed by atoms with E-state index in [-0.39, 0.29) is 11.8 Å². The number of alkyl halides is 3. The first-order valence-electron chi connectivity index (χ1n) is 7.74. The number of ether oxygens (including phenoxy) is 1. The molecule has 3 nitrogen and oxygen atoms in total. The molecule has 2 rings (SSSR count). The van der Waals surface area contributed by atoms with Gasteiger partial charge in [0.2, 0.25) is 0 Å². The molecular weight excluding hydrogens is 293 g/mol. The second-order valence-corrected chi connectivity index (χ2v) is 5.72. The monoisotopic (exact) mass is 316 g/mol. The molecular formula is C16H23F3N2O. The zero-order valence-corrected chi connectivity index (χ0v) is 12.8. The van der Waals surface area contributed by atoms with Gasteiger partial charge in [-0.05, 0) is 37.5 Å². The summed E-state index contributed by atoms with van der Waals surface area (Å²) in [5.41, 5.74) is 5.61. The van der Waals surface area contributed by atoms with Crippen LogP contribution in [0.25, 0.3) is 0 Å². The molecule has 22 heavy (non-hydrogen) atoms. The fourth-order valence-electron chi connectivity index (χ4n) is 2.66. The van der Waals surface area contributed by atoms with Crippen LogP contribution >= 0.6 is 0 Å². The van der Waals surface area contributed by atoms with Crippen LogP contribution < -0.4 is 10.6 Å². The Labute approximate surface area is 129 Å². The van der Waals surface area contributed by atoms with Crippen LogP contribution in [0.2, 0.25) is 0 Å². The highest BCUT2D eigenvalue weighted by Crippen LogP contribution is 2.34. The van der Waals surface area contributed by atoms with Gasteiger partial charge in [0.1, 0.15) is 0 Å². The molecule has 0 unspecified atom stereocenters. The Morgan fingerprint density at radius 3 is 2.50 bits per heavy atom. The van der Waals surface area contributed by atoms with Gasteiger partial charge in [-0.15, -0.1) is 0 Å². The van der Waals surface area contributed by atoms with Gasteiger partial charge in [-0.25, -0.2) is 0 Å². The molecule has 0 aliphatic carbocycles. The molecule has 1 aromatic carbocycles. The van der Waals surface area contributed by atoms with E-state index in [1.165, 1.54) is 6.07 Å². The molecule has 0 bridgehead atoms. The number of anilines is 2. The third-order valence-corrected chi connectivity index (χ3v) is 3.93. The Morgan fingerprint density at radius 2 is 1.91 bits per heavy atom. The van der Waals surface area contributed by atoms with Gasteiger partial charge in [0.25, 0.3) is 0 Å². The Bertz CT molecular complexity index is 483. The lowest BCUT2D eigenvalue weighted by molar-refractivity contribution is -0.137. The molecule has 0 amide bonds. The SMILES string of the molecule is CCCCOC1CCN(c2cc(N)cc(C(F)(F)F)c2)CC1. The summed E-state index contributed by atoms with van der Waals surface area (Å²) in [7, 11) is 0. The summed E-state index contributed by atoms with van der Waals surface area (Å²) >= 11 is 0. The predicted octanol–water partition coefficient (Wildman–Crippen LogP) is 4.07. The molecule has 124 valence electrons. The summed E-state index contributed by atoms with van der Waals surface area (Å²) in [6.45, 7) is 4.26. The third-order valence-electron chi connectivity index (χ3n) is 3.93. The van der Waals surface area contributed by atoms with Crippen LogP contribution in [0.15, 0.2) is 18.2 Å². The van der Waals surface area contributed by atoms with E-state index in [9.17, 15) is 13.2 Å². The van der Waals surface area contributed by atoms with Crippen LogP contribution in [-0.4, -0.2) is 25.8 Å². The van der Waals surface area contributed by atoms with Gasteiger partial charge in [0.05, 0.1) is 11.7 Å². The summed E-state index contributed by atoms with van der Waals surface area (Å²) in [5, 5.41) is 0. The molecule has 0 aromatic heterocycles. The highest BCUT2D eigenvalue weighted by atomic mass is 19.4. The maximum atomic E-state index is 12.9. The van der Waals surface area contributed by atoms with Crippen molar-refractivity contribution in [3.05, 3.63) is 23.8 Å². The first kappa shape index (κ1) is 16.9. The molecule has 1 heterocycles. The maximum Gasteiger partial charge on any atom is 0.416 e. The highest BCUT2D eigenvalue weighted by Gasteiger charge is 2.32. The molecule has 1 saturated heterocycles. The lowest BCUT2D eigenvalue weighted by atomic mass is 10.1. The van der Waals surface area contributed by atoms with E-state index in [0.717, 1.165) is 38.4 Å². The second kappa shape index (κ2) is 7.22. The third kappa shape index (κ3) is 4.53. The average molecular weight is 316 g/mol. The summed E-state index contributed by atoms with van der Waals surface area (Å²) in [6.07, 6.45) is -0.344. The molecule has 6 heteroatoms. The highest BCUT2D eigenvalue weighted by molar-refractivity contribution is 5.59. The number of piperidine rings is 1. The number of unbranched alkanes of at least 4 members (excludes halogenated alkanes) is 1. The van der Waals surface area contributed by atoms with Gasteiger partial charge in [-0.3, -0.25) is 0 Å². The summed E-state index contributed by atoms with van der Waals surface area (Å²) in [6, 6.07) is 3.76. The fourth-order valence-corrected chi connectivity index (χ4v) is 2.66. The molecule has 1 aliphatic heterocycles. The van der Waals surface area contributed by atoms with Crippen LogP contribution in [0.5, 0.6) is 0 Å². The van der Waals surface area contributed by atoms with Crippen molar-refractivity contribution in [2.24, 2.45) is 0 Å². The van der Waals surface area contributed by atoms with Crippen molar-refractivity contribution in [1.29, 1.82) is 0 Å². The number of nitrogens with two attached hydrogens (primary N) is 1. The van der Waals surface area contributed by atoms with Crippen molar-refractivity contribution in [1.82, 2.24) is 0 Å². The fraction of sp³-hybridized carbons (Fsp3) is 0.625. The van der Waals surface area contributed by atoms with Crippen molar-refractivity contribution in [3.63, 3.8) is 0 Å². The van der Waals surface area contributed by atoms with Crippen molar-refractivity contribution in [2.45, 2.75) is 44.9 Å². The number of nitrogens with zero attached hydrogens (tertiary/aromatic N) is 1. The quantitative estimate of drug-likeness (QED) is 0.657. The zero-order chi connectivity index (χ0) is 16.2. The van der Waals surface area contributed by atoms with Gasteiger partial charge >= 0.3 is 6.18 Å². The van der Waals surface area contributed by atoms with Gasteiger partial charge in [-0.1, -0.05) is 13.3 Å². The molecule has 1 fully saturated rings. The number of hydrogen-bond donors (Lipinski definition) is 1. The van der Waals surface area contributed by atoms with Crippen LogP contribution in [-0.2, 0) is 10.9 Å². The minimum Gasteiger partial charge on any atom is -0.399 e.